The lowest BCUT2D eigenvalue weighted by Gasteiger charge is -2.12. The van der Waals surface area contributed by atoms with Gasteiger partial charge in [0.15, 0.2) is 0 Å². The summed E-state index contributed by atoms with van der Waals surface area (Å²) in [5, 5.41) is 1.15. The van der Waals surface area contributed by atoms with E-state index in [1.807, 2.05) is 24.3 Å². The number of hydrogen-bond acceptors (Lipinski definition) is 2. The molecule has 0 aliphatic heterocycles. The van der Waals surface area contributed by atoms with Gasteiger partial charge < -0.3 is 5.73 Å². The van der Waals surface area contributed by atoms with Gasteiger partial charge in [0, 0.05) is 18.4 Å². The summed E-state index contributed by atoms with van der Waals surface area (Å²) in [6.45, 7) is 0. The molecule has 1 atom stereocenters. The molecular formula is C14H14Cl2N2. The molecule has 0 spiro atoms. The molecule has 2 N–H and O–H groups in total. The second kappa shape index (κ2) is 6.19. The lowest BCUT2D eigenvalue weighted by atomic mass is 10.0. The van der Waals surface area contributed by atoms with E-state index in [1.165, 1.54) is 5.56 Å². The van der Waals surface area contributed by atoms with Crippen molar-refractivity contribution in [1.82, 2.24) is 4.98 Å². The van der Waals surface area contributed by atoms with Gasteiger partial charge in [-0.25, -0.2) is 0 Å². The Morgan fingerprint density at radius 2 is 1.61 bits per heavy atom. The lowest BCUT2D eigenvalue weighted by Crippen LogP contribution is -2.25. The number of nitrogens with two attached hydrogens (primary N) is 1. The van der Waals surface area contributed by atoms with Gasteiger partial charge in [-0.15, -0.1) is 0 Å². The SMILES string of the molecule is NC(Cc1ccncc1)Cc1ccc(Cl)c(Cl)c1. The van der Waals surface area contributed by atoms with E-state index in [1.54, 1.807) is 18.5 Å². The number of aromatic nitrogens is 1. The summed E-state index contributed by atoms with van der Waals surface area (Å²) in [7, 11) is 0. The van der Waals surface area contributed by atoms with Crippen molar-refractivity contribution in [3.05, 3.63) is 63.9 Å². The van der Waals surface area contributed by atoms with Crippen LogP contribution < -0.4 is 5.73 Å². The second-order valence-electron chi connectivity index (χ2n) is 4.27. The normalized spacial score (nSPS) is 12.4. The maximum absolute atomic E-state index is 6.13. The molecule has 4 heteroatoms. The van der Waals surface area contributed by atoms with Gasteiger partial charge in [-0.2, -0.15) is 0 Å². The summed E-state index contributed by atoms with van der Waals surface area (Å²) in [4.78, 5) is 3.99. The number of pyridine rings is 1. The highest BCUT2D eigenvalue weighted by atomic mass is 35.5. The molecule has 0 saturated heterocycles. The predicted octanol–water partition coefficient (Wildman–Crippen LogP) is 3.50. The van der Waals surface area contributed by atoms with Crippen LogP contribution in [0, 0.1) is 0 Å². The third kappa shape index (κ3) is 3.70. The van der Waals surface area contributed by atoms with E-state index in [0.29, 0.717) is 10.0 Å². The standard InChI is InChI=1S/C14H14Cl2N2/c15-13-2-1-11(9-14(13)16)8-12(17)7-10-3-5-18-6-4-10/h1-6,9,12H,7-8,17H2. The van der Waals surface area contributed by atoms with Gasteiger partial charge in [0.25, 0.3) is 0 Å². The topological polar surface area (TPSA) is 38.9 Å². The van der Waals surface area contributed by atoms with Crippen LogP contribution in [0.15, 0.2) is 42.7 Å². The molecule has 2 aromatic rings. The van der Waals surface area contributed by atoms with E-state index in [2.05, 4.69) is 4.98 Å². The average Bonchev–Trinajstić information content (AvgIpc) is 2.35. The van der Waals surface area contributed by atoms with E-state index in [4.69, 9.17) is 28.9 Å². The van der Waals surface area contributed by atoms with Crippen LogP contribution in [0.2, 0.25) is 10.0 Å². The molecule has 0 bridgehead atoms. The molecule has 0 amide bonds. The Labute approximate surface area is 117 Å². The third-order valence-electron chi connectivity index (χ3n) is 2.73. The number of benzene rings is 1. The Morgan fingerprint density at radius 3 is 2.28 bits per heavy atom. The maximum atomic E-state index is 6.13. The van der Waals surface area contributed by atoms with Crippen molar-refractivity contribution in [3.8, 4) is 0 Å². The summed E-state index contributed by atoms with van der Waals surface area (Å²) in [6, 6.07) is 9.66. The van der Waals surface area contributed by atoms with Gasteiger partial charge in [0.1, 0.15) is 0 Å². The summed E-state index contributed by atoms with van der Waals surface area (Å²) >= 11 is 11.9. The smallest absolute Gasteiger partial charge is 0.0595 e. The Morgan fingerprint density at radius 1 is 0.944 bits per heavy atom. The van der Waals surface area contributed by atoms with Crippen LogP contribution in [-0.2, 0) is 12.8 Å². The molecule has 1 aromatic carbocycles. The molecule has 94 valence electrons. The lowest BCUT2D eigenvalue weighted by molar-refractivity contribution is 0.664. The fourth-order valence-electron chi connectivity index (χ4n) is 1.86. The Kier molecular flexibility index (Phi) is 4.59. The van der Waals surface area contributed by atoms with Crippen molar-refractivity contribution in [3.63, 3.8) is 0 Å². The number of rotatable bonds is 4. The van der Waals surface area contributed by atoms with E-state index in [-0.39, 0.29) is 6.04 Å². The largest absolute Gasteiger partial charge is 0.327 e. The van der Waals surface area contributed by atoms with Crippen LogP contribution in [0.3, 0.4) is 0 Å². The molecule has 1 heterocycles. The number of hydrogen-bond donors (Lipinski definition) is 1. The van der Waals surface area contributed by atoms with E-state index >= 15 is 0 Å². The van der Waals surface area contributed by atoms with Crippen molar-refractivity contribution in [2.45, 2.75) is 18.9 Å². The second-order valence-corrected chi connectivity index (χ2v) is 5.09. The molecule has 0 radical (unpaired) electrons. The zero-order valence-electron chi connectivity index (χ0n) is 9.81. The highest BCUT2D eigenvalue weighted by Gasteiger charge is 2.07. The van der Waals surface area contributed by atoms with E-state index < -0.39 is 0 Å². The van der Waals surface area contributed by atoms with Crippen molar-refractivity contribution in [2.24, 2.45) is 5.73 Å². The van der Waals surface area contributed by atoms with Crippen LogP contribution in [0.1, 0.15) is 11.1 Å². The van der Waals surface area contributed by atoms with Gasteiger partial charge in [-0.3, -0.25) is 4.98 Å². The first-order chi connectivity index (χ1) is 8.65. The van der Waals surface area contributed by atoms with Crippen LogP contribution in [0.5, 0.6) is 0 Å². The minimum absolute atomic E-state index is 0.0599. The molecule has 1 aromatic heterocycles. The molecule has 2 nitrogen and oxygen atoms in total. The van der Waals surface area contributed by atoms with Crippen LogP contribution in [0.25, 0.3) is 0 Å². The first kappa shape index (κ1) is 13.3. The number of halogens is 2. The zero-order chi connectivity index (χ0) is 13.0. The molecular weight excluding hydrogens is 267 g/mol. The van der Waals surface area contributed by atoms with Gasteiger partial charge in [0.05, 0.1) is 10.0 Å². The van der Waals surface area contributed by atoms with Gasteiger partial charge in [-0.1, -0.05) is 29.3 Å². The minimum atomic E-state index is 0.0599. The van der Waals surface area contributed by atoms with E-state index in [0.717, 1.165) is 18.4 Å². The minimum Gasteiger partial charge on any atom is -0.327 e. The molecule has 1 unspecified atom stereocenters. The fourth-order valence-corrected chi connectivity index (χ4v) is 2.18. The van der Waals surface area contributed by atoms with Crippen molar-refractivity contribution < 1.29 is 0 Å². The highest BCUT2D eigenvalue weighted by Crippen LogP contribution is 2.23. The van der Waals surface area contributed by atoms with E-state index in [9.17, 15) is 0 Å². The molecule has 0 fully saturated rings. The van der Waals surface area contributed by atoms with Crippen LogP contribution in [-0.4, -0.2) is 11.0 Å². The number of nitrogens with zero attached hydrogens (tertiary/aromatic N) is 1. The fraction of sp³-hybridized carbons (Fsp3) is 0.214. The van der Waals surface area contributed by atoms with Crippen molar-refractivity contribution in [2.75, 3.05) is 0 Å². The average molecular weight is 281 g/mol. The molecule has 0 aliphatic carbocycles. The molecule has 0 aliphatic rings. The zero-order valence-corrected chi connectivity index (χ0v) is 11.3. The Bertz CT molecular complexity index is 514. The monoisotopic (exact) mass is 280 g/mol. The summed E-state index contributed by atoms with van der Waals surface area (Å²) in [5.74, 6) is 0. The highest BCUT2D eigenvalue weighted by molar-refractivity contribution is 6.42. The van der Waals surface area contributed by atoms with Crippen LogP contribution in [0.4, 0.5) is 0 Å². The third-order valence-corrected chi connectivity index (χ3v) is 3.47. The Balaban J connectivity index is 1.99. The van der Waals surface area contributed by atoms with Gasteiger partial charge in [-0.05, 0) is 48.2 Å². The predicted molar refractivity (Wildman–Crippen MR) is 76.1 cm³/mol. The molecule has 18 heavy (non-hydrogen) atoms. The first-order valence-electron chi connectivity index (χ1n) is 5.73. The van der Waals surface area contributed by atoms with Crippen molar-refractivity contribution in [1.29, 1.82) is 0 Å². The molecule has 2 rings (SSSR count). The van der Waals surface area contributed by atoms with Gasteiger partial charge >= 0.3 is 0 Å². The van der Waals surface area contributed by atoms with Crippen molar-refractivity contribution >= 4 is 23.2 Å². The maximum Gasteiger partial charge on any atom is 0.0595 e. The van der Waals surface area contributed by atoms with Gasteiger partial charge in [0.2, 0.25) is 0 Å². The quantitative estimate of drug-likeness (QED) is 0.931. The van der Waals surface area contributed by atoms with Crippen LogP contribution >= 0.6 is 23.2 Å². The first-order valence-corrected chi connectivity index (χ1v) is 6.49. The summed E-state index contributed by atoms with van der Waals surface area (Å²) in [6.07, 6.45) is 5.16. The Hall–Kier alpha value is -1.09. The summed E-state index contributed by atoms with van der Waals surface area (Å²) < 4.78 is 0. The molecule has 0 saturated carbocycles. The summed E-state index contributed by atoms with van der Waals surface area (Å²) in [5.41, 5.74) is 8.42.